The van der Waals surface area contributed by atoms with Gasteiger partial charge in [-0.3, -0.25) is 4.79 Å². The zero-order chi connectivity index (χ0) is 37.7. The van der Waals surface area contributed by atoms with Gasteiger partial charge in [-0.25, -0.2) is 0 Å². The van der Waals surface area contributed by atoms with Gasteiger partial charge in [0.2, 0.25) is 0 Å². The van der Waals surface area contributed by atoms with Crippen LogP contribution in [0.1, 0.15) is 118 Å². The number of carbonyl (C=O) groups is 1. The average Bonchev–Trinajstić information content (AvgIpc) is 3.53. The molecule has 7 heteroatoms. The van der Waals surface area contributed by atoms with Crippen molar-refractivity contribution in [2.75, 3.05) is 13.2 Å². The van der Waals surface area contributed by atoms with Crippen molar-refractivity contribution < 1.29 is 34.0 Å². The van der Waals surface area contributed by atoms with Gasteiger partial charge in [-0.2, -0.15) is 0 Å². The van der Waals surface area contributed by atoms with E-state index in [1.807, 2.05) is 30.3 Å². The fourth-order valence-corrected chi connectivity index (χ4v) is 15.2. The average molecular weight is 731 g/mol. The smallest absolute Gasteiger partial charge is 0.309 e. The first kappa shape index (κ1) is 37.9. The fraction of sp³-hybridized carbons (Fsp3) is 0.761. The number of carboxylic acids is 1. The Morgan fingerprint density at radius 1 is 0.887 bits per heavy atom. The lowest BCUT2D eigenvalue weighted by Crippen LogP contribution is -2.69. The van der Waals surface area contributed by atoms with Crippen LogP contribution in [0, 0.1) is 62.6 Å². The molecule has 5 aliphatic carbocycles. The Kier molecular flexibility index (Phi) is 9.49. The van der Waals surface area contributed by atoms with E-state index in [1.165, 1.54) is 12.0 Å². The van der Waals surface area contributed by atoms with Crippen LogP contribution < -0.4 is 0 Å². The van der Waals surface area contributed by atoms with Crippen molar-refractivity contribution in [3.05, 3.63) is 60.7 Å². The predicted octanol–water partition coefficient (Wildman–Crippen LogP) is 9.16. The predicted molar refractivity (Wildman–Crippen MR) is 205 cm³/mol. The second-order valence-electron chi connectivity index (χ2n) is 20.0. The van der Waals surface area contributed by atoms with Gasteiger partial charge < -0.3 is 29.2 Å². The molecule has 0 spiro atoms. The van der Waals surface area contributed by atoms with Crippen LogP contribution in [0.5, 0.6) is 0 Å². The SMILES string of the molecule is C=CCO[C@@H]1[C@@H](O)[C@H]([C@H]2CC[C@]3(C)[C@H]4CC[C@@H]5[C@H]6[C@H](C(=C)C)CC[C@]6(C(=O)O)CC[C@@]5(C)[C@]4(C)CC[C@H]3C2(C)C)O[C@@H]2COC(c3ccccc3)O[C@@H]12. The molecule has 1 unspecified atom stereocenters. The van der Waals surface area contributed by atoms with Gasteiger partial charge in [0.25, 0.3) is 0 Å². The van der Waals surface area contributed by atoms with E-state index in [0.29, 0.717) is 36.9 Å². The highest BCUT2D eigenvalue weighted by Gasteiger charge is 2.72. The molecule has 7 aliphatic rings. The molecule has 16 atom stereocenters. The van der Waals surface area contributed by atoms with Crippen LogP contribution in [0.15, 0.2) is 55.1 Å². The first-order valence-electron chi connectivity index (χ1n) is 20.9. The molecule has 2 aliphatic heterocycles. The molecule has 8 rings (SSSR count). The van der Waals surface area contributed by atoms with Crippen LogP contribution in [-0.2, 0) is 23.7 Å². The van der Waals surface area contributed by atoms with Crippen molar-refractivity contribution in [3.63, 3.8) is 0 Å². The van der Waals surface area contributed by atoms with Crippen molar-refractivity contribution in [2.45, 2.75) is 143 Å². The van der Waals surface area contributed by atoms with Crippen LogP contribution in [0.3, 0.4) is 0 Å². The van der Waals surface area contributed by atoms with E-state index in [1.54, 1.807) is 6.08 Å². The molecule has 1 aromatic rings. The van der Waals surface area contributed by atoms with Gasteiger partial charge in [0, 0.05) is 5.56 Å². The Bertz CT molecular complexity index is 1570. The number of fused-ring (bicyclic) bond motifs is 8. The zero-order valence-electron chi connectivity index (χ0n) is 33.2. The highest BCUT2D eigenvalue weighted by atomic mass is 16.7. The number of carboxylic acid groups (broad SMARTS) is 1. The van der Waals surface area contributed by atoms with Gasteiger partial charge >= 0.3 is 5.97 Å². The molecule has 0 radical (unpaired) electrons. The summed E-state index contributed by atoms with van der Waals surface area (Å²) in [4.78, 5) is 13.1. The molecule has 1 aromatic carbocycles. The number of rotatable bonds is 7. The largest absolute Gasteiger partial charge is 0.481 e. The second-order valence-corrected chi connectivity index (χ2v) is 20.0. The summed E-state index contributed by atoms with van der Waals surface area (Å²) in [6.07, 6.45) is 8.88. The third kappa shape index (κ3) is 5.40. The van der Waals surface area contributed by atoms with E-state index in [0.717, 1.165) is 63.4 Å². The van der Waals surface area contributed by atoms with Gasteiger partial charge in [0.05, 0.1) is 24.7 Å². The molecule has 2 saturated heterocycles. The molecule has 2 N–H and O–H groups in total. The van der Waals surface area contributed by atoms with Gasteiger partial charge in [-0.15, -0.1) is 6.58 Å². The monoisotopic (exact) mass is 730 g/mol. The molecule has 5 saturated carbocycles. The number of hydrogen-bond donors (Lipinski definition) is 2. The van der Waals surface area contributed by atoms with Gasteiger partial charge in [0.1, 0.15) is 24.4 Å². The first-order chi connectivity index (χ1) is 25.1. The lowest BCUT2D eigenvalue weighted by atomic mass is 9.31. The van der Waals surface area contributed by atoms with Crippen LogP contribution in [0.2, 0.25) is 0 Å². The highest BCUT2D eigenvalue weighted by Crippen LogP contribution is 2.78. The van der Waals surface area contributed by atoms with Crippen molar-refractivity contribution >= 4 is 5.97 Å². The number of aliphatic carboxylic acids is 1. The Balaban J connectivity index is 1.05. The summed E-state index contributed by atoms with van der Waals surface area (Å²) in [6, 6.07) is 9.95. The lowest BCUT2D eigenvalue weighted by molar-refractivity contribution is -0.345. The minimum absolute atomic E-state index is 0.0853. The van der Waals surface area contributed by atoms with Crippen LogP contribution in [-0.4, -0.2) is 59.9 Å². The number of aliphatic hydroxyl groups excluding tert-OH is 1. The third-order valence-electron chi connectivity index (χ3n) is 17.9. The van der Waals surface area contributed by atoms with Crippen LogP contribution >= 0.6 is 0 Å². The summed E-state index contributed by atoms with van der Waals surface area (Å²) < 4.78 is 26.1. The normalized spacial score (nSPS) is 50.0. The van der Waals surface area contributed by atoms with E-state index >= 15 is 0 Å². The summed E-state index contributed by atoms with van der Waals surface area (Å²) in [5.41, 5.74) is 1.83. The molecular formula is C46H66O7. The summed E-state index contributed by atoms with van der Waals surface area (Å²) >= 11 is 0. The molecule has 53 heavy (non-hydrogen) atoms. The molecule has 7 nitrogen and oxygen atoms in total. The second kappa shape index (κ2) is 13.3. The molecule has 0 amide bonds. The van der Waals surface area contributed by atoms with Crippen molar-refractivity contribution in [1.82, 2.24) is 0 Å². The van der Waals surface area contributed by atoms with E-state index in [4.69, 9.17) is 18.9 Å². The van der Waals surface area contributed by atoms with E-state index < -0.39 is 42.1 Å². The minimum Gasteiger partial charge on any atom is -0.481 e. The van der Waals surface area contributed by atoms with Gasteiger partial charge in [-0.05, 0) is 128 Å². The zero-order valence-corrected chi connectivity index (χ0v) is 33.2. The van der Waals surface area contributed by atoms with E-state index in [-0.39, 0.29) is 39.6 Å². The number of ether oxygens (including phenoxy) is 4. The quantitative estimate of drug-likeness (QED) is 0.270. The summed E-state index contributed by atoms with van der Waals surface area (Å²) in [5, 5.41) is 23.0. The Morgan fingerprint density at radius 2 is 1.64 bits per heavy atom. The maximum absolute atomic E-state index is 13.1. The van der Waals surface area contributed by atoms with Crippen LogP contribution in [0.4, 0.5) is 0 Å². The fourth-order valence-electron chi connectivity index (χ4n) is 15.2. The standard InChI is InChI=1S/C46H66O7/c1-9-25-50-39-36(47)37(52-32-26-51-40(53-38(32)39)28-13-11-10-12-14-28)31-18-20-43(6)33(42(31,4)5)19-21-45(8)34(43)16-15-30-35-29(27(2)3)17-22-46(35,41(48)49)24-23-44(30,45)7/h9-14,29-40,47H,1-2,15-26H2,3-8H3,(H,48,49)/t29-,30+,31+,32+,33-,34+,35+,36-,37-,38+,39+,40?,43-,44+,45+,46-/m0/s1. The molecule has 0 aromatic heterocycles. The van der Waals surface area contributed by atoms with E-state index in [2.05, 4.69) is 54.7 Å². The van der Waals surface area contributed by atoms with Crippen molar-refractivity contribution in [1.29, 1.82) is 0 Å². The van der Waals surface area contributed by atoms with Crippen molar-refractivity contribution in [2.24, 2.45) is 62.6 Å². The Hall–Kier alpha value is -2.03. The molecule has 0 bridgehead atoms. The number of allylic oxidation sites excluding steroid dienone is 1. The molecule has 2 heterocycles. The first-order valence-corrected chi connectivity index (χ1v) is 20.9. The van der Waals surface area contributed by atoms with Gasteiger partial charge in [-0.1, -0.05) is 83.2 Å². The Labute approximate surface area is 318 Å². The summed E-state index contributed by atoms with van der Waals surface area (Å²) in [6.45, 7) is 23.9. The number of hydrogen-bond acceptors (Lipinski definition) is 6. The summed E-state index contributed by atoms with van der Waals surface area (Å²) in [5.74, 6) is 1.54. The third-order valence-corrected chi connectivity index (χ3v) is 17.9. The highest BCUT2D eigenvalue weighted by molar-refractivity contribution is 5.76. The maximum Gasteiger partial charge on any atom is 0.309 e. The minimum atomic E-state index is -0.841. The van der Waals surface area contributed by atoms with E-state index in [9.17, 15) is 15.0 Å². The summed E-state index contributed by atoms with van der Waals surface area (Å²) in [7, 11) is 0. The number of benzene rings is 1. The topological polar surface area (TPSA) is 94.5 Å². The van der Waals surface area contributed by atoms with Crippen LogP contribution in [0.25, 0.3) is 0 Å². The van der Waals surface area contributed by atoms with Crippen molar-refractivity contribution in [3.8, 4) is 0 Å². The van der Waals surface area contributed by atoms with Gasteiger partial charge in [0.15, 0.2) is 6.29 Å². The lowest BCUT2D eigenvalue weighted by Gasteiger charge is -2.73. The maximum atomic E-state index is 13.1. The Morgan fingerprint density at radius 3 is 2.34 bits per heavy atom. The molecular weight excluding hydrogens is 664 g/mol. The number of aliphatic hydroxyl groups is 1. The molecule has 7 fully saturated rings. The molecule has 292 valence electrons.